The van der Waals surface area contributed by atoms with E-state index in [1.165, 1.54) is 0 Å². The summed E-state index contributed by atoms with van der Waals surface area (Å²) in [5.41, 5.74) is 4.53. The van der Waals surface area contributed by atoms with E-state index in [1.54, 1.807) is 18.2 Å². The van der Waals surface area contributed by atoms with Crippen LogP contribution in [0.5, 0.6) is 0 Å². The van der Waals surface area contributed by atoms with Gasteiger partial charge in [-0.05, 0) is 111 Å². The number of rotatable bonds is 8. The first kappa shape index (κ1) is 37.6. The van der Waals surface area contributed by atoms with Crippen molar-refractivity contribution in [2.24, 2.45) is 0 Å². The lowest BCUT2D eigenvalue weighted by Crippen LogP contribution is -2.54. The van der Waals surface area contributed by atoms with Crippen molar-refractivity contribution in [2.75, 3.05) is 36.5 Å². The van der Waals surface area contributed by atoms with E-state index in [1.807, 2.05) is 43.4 Å². The van der Waals surface area contributed by atoms with Crippen molar-refractivity contribution >= 4 is 52.5 Å². The van der Waals surface area contributed by atoms with Crippen LogP contribution in [-0.4, -0.2) is 94.9 Å². The van der Waals surface area contributed by atoms with Crippen molar-refractivity contribution in [3.05, 3.63) is 93.0 Å². The van der Waals surface area contributed by atoms with Crippen LogP contribution in [0.4, 0.5) is 11.4 Å². The monoisotopic (exact) mass is 777 g/mol. The molecule has 14 heteroatoms. The van der Waals surface area contributed by atoms with Gasteiger partial charge in [0.15, 0.2) is 0 Å². The number of β-amino-alcohol motifs (C(OH)–C–C–N with tert-alkyl or cyclic N) is 1. The minimum absolute atomic E-state index is 0.0726. The summed E-state index contributed by atoms with van der Waals surface area (Å²) in [7, 11) is 2.04. The van der Waals surface area contributed by atoms with Gasteiger partial charge in [-0.3, -0.25) is 39.1 Å². The molecule has 0 bridgehead atoms. The second-order valence-corrected chi connectivity index (χ2v) is 16.3. The van der Waals surface area contributed by atoms with E-state index in [-0.39, 0.29) is 35.9 Å². The first-order valence-corrected chi connectivity index (χ1v) is 19.7. The fourth-order valence-corrected chi connectivity index (χ4v) is 9.25. The predicted octanol–water partition coefficient (Wildman–Crippen LogP) is 4.14. The van der Waals surface area contributed by atoms with Gasteiger partial charge in [0.2, 0.25) is 11.8 Å². The molecule has 1 saturated carbocycles. The van der Waals surface area contributed by atoms with Gasteiger partial charge in [-0.2, -0.15) is 5.26 Å². The number of fused-ring (bicyclic) bond motifs is 2. The summed E-state index contributed by atoms with van der Waals surface area (Å²) in [6.45, 7) is 2.83. The molecule has 0 spiro atoms. The third-order valence-electron chi connectivity index (χ3n) is 12.3. The zero-order valence-electron chi connectivity index (χ0n) is 31.2. The van der Waals surface area contributed by atoms with E-state index in [2.05, 4.69) is 31.4 Å². The molecule has 3 fully saturated rings. The molecule has 1 atom stereocenters. The van der Waals surface area contributed by atoms with Crippen LogP contribution in [-0.2, 0) is 22.7 Å². The van der Waals surface area contributed by atoms with Crippen LogP contribution < -0.4 is 20.4 Å². The van der Waals surface area contributed by atoms with E-state index in [9.17, 15) is 34.3 Å². The van der Waals surface area contributed by atoms with Gasteiger partial charge in [-0.25, -0.2) is 0 Å². The van der Waals surface area contributed by atoms with Crippen LogP contribution in [0, 0.1) is 11.3 Å². The summed E-state index contributed by atoms with van der Waals surface area (Å²) >= 11 is 6.26. The number of aliphatic hydroxyl groups is 1. The molecule has 13 nitrogen and oxygen atoms in total. The lowest BCUT2D eigenvalue weighted by molar-refractivity contribution is -0.136. The molecular weight excluding hydrogens is 734 g/mol. The number of nitrogens with one attached hydrogen (secondary N) is 2. The van der Waals surface area contributed by atoms with Crippen molar-refractivity contribution in [1.29, 1.82) is 5.26 Å². The molecular formula is C42H44ClN7O6. The number of halogens is 1. The maximum Gasteiger partial charge on any atom is 0.262 e. The zero-order chi connectivity index (χ0) is 39.3. The minimum atomic E-state index is -0.998. The van der Waals surface area contributed by atoms with Crippen LogP contribution in [0.15, 0.2) is 54.6 Å². The Morgan fingerprint density at radius 1 is 0.946 bits per heavy atom. The number of hydrogen-bond donors (Lipinski definition) is 3. The molecule has 5 aliphatic rings. The number of imide groups is 2. The van der Waals surface area contributed by atoms with Crippen molar-refractivity contribution in [1.82, 2.24) is 20.4 Å². The van der Waals surface area contributed by atoms with E-state index in [0.29, 0.717) is 67.8 Å². The summed E-state index contributed by atoms with van der Waals surface area (Å²) in [4.78, 5) is 71.4. The highest BCUT2D eigenvalue weighted by molar-refractivity contribution is 6.32. The maximum absolute atomic E-state index is 13.3. The molecule has 56 heavy (non-hydrogen) atoms. The molecule has 0 aromatic heterocycles. The van der Waals surface area contributed by atoms with Gasteiger partial charge >= 0.3 is 0 Å². The summed E-state index contributed by atoms with van der Waals surface area (Å²) in [6, 6.07) is 18.2. The summed E-state index contributed by atoms with van der Waals surface area (Å²) in [5.74, 6) is -2.16. The molecule has 1 aliphatic carbocycles. The van der Waals surface area contributed by atoms with E-state index < -0.39 is 35.3 Å². The smallest absolute Gasteiger partial charge is 0.262 e. The molecule has 2 saturated heterocycles. The number of piperidine rings is 2. The third-order valence-corrected chi connectivity index (χ3v) is 12.6. The van der Waals surface area contributed by atoms with Crippen LogP contribution >= 0.6 is 11.6 Å². The van der Waals surface area contributed by atoms with Crippen LogP contribution in [0.2, 0.25) is 5.02 Å². The quantitative estimate of drug-likeness (QED) is 0.283. The Bertz CT molecular complexity index is 2110. The van der Waals surface area contributed by atoms with E-state index in [4.69, 9.17) is 11.6 Å². The van der Waals surface area contributed by atoms with Crippen LogP contribution in [0.3, 0.4) is 0 Å². The number of carbonyl (C=O) groups is 5. The first-order valence-electron chi connectivity index (χ1n) is 19.3. The Morgan fingerprint density at radius 2 is 1.59 bits per heavy atom. The second-order valence-electron chi connectivity index (χ2n) is 15.9. The van der Waals surface area contributed by atoms with Gasteiger partial charge in [0.05, 0.1) is 27.3 Å². The Morgan fingerprint density at radius 3 is 2.18 bits per heavy atom. The van der Waals surface area contributed by atoms with Crippen molar-refractivity contribution in [3.63, 3.8) is 0 Å². The minimum Gasteiger partial charge on any atom is -0.388 e. The Balaban J connectivity index is 0.801. The summed E-state index contributed by atoms with van der Waals surface area (Å²) in [5, 5.41) is 26.7. The average molecular weight is 778 g/mol. The largest absolute Gasteiger partial charge is 0.388 e. The highest BCUT2D eigenvalue weighted by Crippen LogP contribution is 2.36. The normalized spacial score (nSPS) is 23.4. The molecule has 3 aromatic rings. The Hall–Kier alpha value is -5.29. The van der Waals surface area contributed by atoms with Crippen molar-refractivity contribution in [2.45, 2.75) is 88.2 Å². The van der Waals surface area contributed by atoms with Crippen LogP contribution in [0.1, 0.15) is 99.1 Å². The van der Waals surface area contributed by atoms with Crippen LogP contribution in [0.25, 0.3) is 0 Å². The van der Waals surface area contributed by atoms with Gasteiger partial charge in [-0.1, -0.05) is 11.6 Å². The van der Waals surface area contributed by atoms with Gasteiger partial charge in [0.1, 0.15) is 12.1 Å². The lowest BCUT2D eigenvalue weighted by Gasteiger charge is -2.41. The molecule has 8 rings (SSSR count). The number of nitriles is 1. The topological polar surface area (TPSA) is 166 Å². The Labute approximate surface area is 330 Å². The number of carbonyl (C=O) groups excluding carboxylic acids is 5. The van der Waals surface area contributed by atoms with E-state index in [0.717, 1.165) is 53.1 Å². The maximum atomic E-state index is 13.3. The predicted molar refractivity (Wildman–Crippen MR) is 208 cm³/mol. The summed E-state index contributed by atoms with van der Waals surface area (Å²) < 4.78 is 0. The molecule has 3 aromatic carbocycles. The SMILES string of the molecule is CN(c1ccc(C#N)c(Cl)c1)[C@H]1CC[C@H](NC(=O)c2ccc(N3CCC(O)(CN4Cc5cc6c(cc5C4)C(=O)N(C4CCC(=O)NC4=O)C6=O)CC3)cc2)CC1. The number of benzene rings is 3. The molecule has 4 aliphatic heterocycles. The van der Waals surface area contributed by atoms with Gasteiger partial charge in [0, 0.05) is 75.2 Å². The third kappa shape index (κ3) is 7.24. The van der Waals surface area contributed by atoms with Gasteiger partial charge in [-0.15, -0.1) is 0 Å². The fourth-order valence-electron chi connectivity index (χ4n) is 9.03. The highest BCUT2D eigenvalue weighted by atomic mass is 35.5. The molecule has 0 radical (unpaired) electrons. The Kier molecular flexibility index (Phi) is 10.1. The molecule has 4 heterocycles. The molecule has 5 amide bonds. The second kappa shape index (κ2) is 15.0. The average Bonchev–Trinajstić information content (AvgIpc) is 3.69. The van der Waals surface area contributed by atoms with Crippen molar-refractivity contribution < 1.29 is 29.1 Å². The fraction of sp³-hybridized carbons (Fsp3) is 0.429. The highest BCUT2D eigenvalue weighted by Gasteiger charge is 2.46. The number of anilines is 2. The van der Waals surface area contributed by atoms with Gasteiger partial charge < -0.3 is 20.2 Å². The number of hydrogen-bond acceptors (Lipinski definition) is 10. The molecule has 290 valence electrons. The molecule has 3 N–H and O–H groups in total. The van der Waals surface area contributed by atoms with E-state index >= 15 is 0 Å². The standard InChI is InChI=1S/C42H44ClN7O6/c1-47(32-9-4-26(21-44)35(43)20-32)30-10-5-29(6-11-30)45-38(52)25-2-7-31(8-3-25)49-16-14-42(56,15-17-49)24-48-22-27-18-33-34(19-28(27)23-48)41(55)50(40(33)54)36-12-13-37(51)46-39(36)53/h2-4,7-9,18-20,29-30,36,56H,5-6,10-17,22-24H2,1H3,(H,45,52)(H,46,51,53)/t29-,30-,36?. The zero-order valence-corrected chi connectivity index (χ0v) is 32.0. The number of nitrogens with zero attached hydrogens (tertiary/aromatic N) is 5. The van der Waals surface area contributed by atoms with Crippen molar-refractivity contribution in [3.8, 4) is 6.07 Å². The molecule has 1 unspecified atom stereocenters. The number of amides is 5. The summed E-state index contributed by atoms with van der Waals surface area (Å²) in [6.07, 6.45) is 4.92. The van der Waals surface area contributed by atoms with Gasteiger partial charge in [0.25, 0.3) is 17.7 Å². The lowest BCUT2D eigenvalue weighted by atomic mass is 9.89. The first-order chi connectivity index (χ1) is 26.9.